The highest BCUT2D eigenvalue weighted by Gasteiger charge is 2.15. The summed E-state index contributed by atoms with van der Waals surface area (Å²) in [6, 6.07) is 0. The molecule has 0 unspecified atom stereocenters. The Morgan fingerprint density at radius 1 is 1.09 bits per heavy atom. The summed E-state index contributed by atoms with van der Waals surface area (Å²) >= 11 is 0. The van der Waals surface area contributed by atoms with Gasteiger partial charge in [0.2, 0.25) is 0 Å². The van der Waals surface area contributed by atoms with Gasteiger partial charge in [-0.1, -0.05) is 20.3 Å². The average Bonchev–Trinajstić information content (AvgIpc) is 1.97. The molecule has 0 bridgehead atoms. The van der Waals surface area contributed by atoms with Gasteiger partial charge in [0.1, 0.15) is 0 Å². The van der Waals surface area contributed by atoms with Crippen molar-refractivity contribution in [2.24, 2.45) is 0 Å². The molecule has 0 aromatic rings. The van der Waals surface area contributed by atoms with E-state index in [0.717, 1.165) is 0 Å². The number of hydrogen-bond donors (Lipinski definition) is 2. The second kappa shape index (κ2) is 5.70. The summed E-state index contributed by atoms with van der Waals surface area (Å²) in [5.74, 6) is -1.06. The molecule has 0 aromatic heterocycles. The number of amides is 2. The Morgan fingerprint density at radius 2 is 1.36 bits per heavy atom. The molecule has 0 aromatic carbocycles. The lowest BCUT2D eigenvalue weighted by Gasteiger charge is -2.10. The molecule has 2 N–H and O–H groups in total. The van der Waals surface area contributed by atoms with Gasteiger partial charge in [0.05, 0.1) is 0 Å². The lowest BCUT2D eigenvalue weighted by Crippen LogP contribution is -2.49. The fraction of sp³-hybridized carbons (Fsp3) is 0.714. The summed E-state index contributed by atoms with van der Waals surface area (Å²) in [4.78, 5) is 20.5. The molecule has 0 aliphatic carbocycles. The topological polar surface area (TPSA) is 58.2 Å². The quantitative estimate of drug-likeness (QED) is 0.473. The summed E-state index contributed by atoms with van der Waals surface area (Å²) in [6.45, 7) is 5.34. The van der Waals surface area contributed by atoms with E-state index in [-0.39, 0.29) is 0 Å². The van der Waals surface area contributed by atoms with E-state index in [9.17, 15) is 9.59 Å². The molecule has 0 atom stereocenters. The van der Waals surface area contributed by atoms with Crippen LogP contribution in [0.5, 0.6) is 0 Å². The Labute approximate surface area is 66.4 Å². The molecule has 2 amide bonds. The Bertz CT molecular complexity index is 129. The molecular formula is C7H14N2O2. The van der Waals surface area contributed by atoms with E-state index < -0.39 is 11.8 Å². The highest BCUT2D eigenvalue weighted by atomic mass is 16.2. The molecule has 1 fully saturated rings. The largest absolute Gasteiger partial charge is 0.346 e. The maximum Gasteiger partial charge on any atom is 0.309 e. The van der Waals surface area contributed by atoms with E-state index in [0.29, 0.717) is 13.1 Å². The van der Waals surface area contributed by atoms with E-state index in [4.69, 9.17) is 0 Å². The predicted octanol–water partition coefficient (Wildman–Crippen LogP) is -0.351. The van der Waals surface area contributed by atoms with Crippen LogP contribution in [-0.4, -0.2) is 24.9 Å². The van der Waals surface area contributed by atoms with E-state index in [2.05, 4.69) is 24.5 Å². The van der Waals surface area contributed by atoms with Gasteiger partial charge in [-0.25, -0.2) is 0 Å². The van der Waals surface area contributed by atoms with Crippen molar-refractivity contribution in [3.63, 3.8) is 0 Å². The third-order valence-corrected chi connectivity index (χ3v) is 0.902. The third kappa shape index (κ3) is 4.36. The summed E-state index contributed by atoms with van der Waals surface area (Å²) in [5.41, 5.74) is 0. The highest BCUT2D eigenvalue weighted by Crippen LogP contribution is 1.73. The standard InChI is InChI=1S/C4H6N2O2.C3H8/c7-3-4(8)6-2-1-5-3;1-3-2/h1-2H2,(H,5,7)(H,6,8);3H2,1-2H3. The maximum absolute atomic E-state index is 10.3. The minimum atomic E-state index is -0.531. The van der Waals surface area contributed by atoms with Crippen LogP contribution in [0.15, 0.2) is 0 Å². The van der Waals surface area contributed by atoms with Crippen LogP contribution >= 0.6 is 0 Å². The zero-order chi connectivity index (χ0) is 8.69. The third-order valence-electron chi connectivity index (χ3n) is 0.902. The molecule has 1 heterocycles. The van der Waals surface area contributed by atoms with Crippen molar-refractivity contribution in [2.75, 3.05) is 13.1 Å². The molecule has 0 radical (unpaired) electrons. The van der Waals surface area contributed by atoms with Crippen molar-refractivity contribution < 1.29 is 9.59 Å². The van der Waals surface area contributed by atoms with Gasteiger partial charge >= 0.3 is 11.8 Å². The van der Waals surface area contributed by atoms with Crippen molar-refractivity contribution in [1.29, 1.82) is 0 Å². The van der Waals surface area contributed by atoms with Gasteiger partial charge in [-0.15, -0.1) is 0 Å². The van der Waals surface area contributed by atoms with Gasteiger partial charge in [-0.2, -0.15) is 0 Å². The van der Waals surface area contributed by atoms with Crippen LogP contribution in [0.3, 0.4) is 0 Å². The highest BCUT2D eigenvalue weighted by molar-refractivity contribution is 6.35. The molecule has 1 saturated heterocycles. The van der Waals surface area contributed by atoms with Crippen LogP contribution in [0.1, 0.15) is 20.3 Å². The molecular weight excluding hydrogens is 144 g/mol. The molecule has 64 valence electrons. The molecule has 1 aliphatic rings. The van der Waals surface area contributed by atoms with E-state index >= 15 is 0 Å². The first kappa shape index (κ1) is 9.94. The number of piperazine rings is 1. The van der Waals surface area contributed by atoms with E-state index in [1.54, 1.807) is 0 Å². The summed E-state index contributed by atoms with van der Waals surface area (Å²) in [7, 11) is 0. The zero-order valence-electron chi connectivity index (χ0n) is 6.94. The Morgan fingerprint density at radius 3 is 1.55 bits per heavy atom. The first-order valence-electron chi connectivity index (χ1n) is 3.78. The minimum Gasteiger partial charge on any atom is -0.346 e. The van der Waals surface area contributed by atoms with Crippen molar-refractivity contribution in [1.82, 2.24) is 10.6 Å². The van der Waals surface area contributed by atoms with Gasteiger partial charge in [-0.05, 0) is 0 Å². The fourth-order valence-corrected chi connectivity index (χ4v) is 0.513. The summed E-state index contributed by atoms with van der Waals surface area (Å²) in [6.07, 6.45) is 1.25. The fourth-order valence-electron chi connectivity index (χ4n) is 0.513. The first-order chi connectivity index (χ1) is 5.22. The normalized spacial score (nSPS) is 15.8. The smallest absolute Gasteiger partial charge is 0.309 e. The van der Waals surface area contributed by atoms with Crippen LogP contribution < -0.4 is 10.6 Å². The van der Waals surface area contributed by atoms with Crippen LogP contribution in [0, 0.1) is 0 Å². The van der Waals surface area contributed by atoms with Gasteiger partial charge in [-0.3, -0.25) is 9.59 Å². The monoisotopic (exact) mass is 158 g/mol. The second-order valence-corrected chi connectivity index (χ2v) is 2.22. The van der Waals surface area contributed by atoms with E-state index in [1.165, 1.54) is 6.42 Å². The van der Waals surface area contributed by atoms with Crippen LogP contribution in [0.2, 0.25) is 0 Å². The molecule has 4 nitrogen and oxygen atoms in total. The van der Waals surface area contributed by atoms with Crippen LogP contribution in [-0.2, 0) is 9.59 Å². The SMILES string of the molecule is CCC.O=C1NCCNC1=O. The lowest BCUT2D eigenvalue weighted by atomic mass is 10.4. The molecule has 0 spiro atoms. The van der Waals surface area contributed by atoms with Crippen LogP contribution in [0.25, 0.3) is 0 Å². The number of rotatable bonds is 0. The van der Waals surface area contributed by atoms with Crippen molar-refractivity contribution in [2.45, 2.75) is 20.3 Å². The van der Waals surface area contributed by atoms with Gasteiger partial charge in [0.15, 0.2) is 0 Å². The lowest BCUT2D eigenvalue weighted by molar-refractivity contribution is -0.140. The molecule has 0 saturated carbocycles. The first-order valence-corrected chi connectivity index (χ1v) is 3.78. The number of carbonyl (C=O) groups is 2. The number of nitrogens with one attached hydrogen (secondary N) is 2. The van der Waals surface area contributed by atoms with Crippen molar-refractivity contribution >= 4 is 11.8 Å². The maximum atomic E-state index is 10.3. The van der Waals surface area contributed by atoms with Crippen molar-refractivity contribution in [3.05, 3.63) is 0 Å². The second-order valence-electron chi connectivity index (χ2n) is 2.22. The average molecular weight is 158 g/mol. The Kier molecular flexibility index (Phi) is 5.15. The predicted molar refractivity (Wildman–Crippen MR) is 42.0 cm³/mol. The molecule has 11 heavy (non-hydrogen) atoms. The van der Waals surface area contributed by atoms with Gasteiger partial charge < -0.3 is 10.6 Å². The van der Waals surface area contributed by atoms with Gasteiger partial charge in [0.25, 0.3) is 0 Å². The molecule has 4 heteroatoms. The Balaban J connectivity index is 0.000000292. The van der Waals surface area contributed by atoms with Crippen LogP contribution in [0.4, 0.5) is 0 Å². The summed E-state index contributed by atoms with van der Waals surface area (Å²) in [5, 5.41) is 4.76. The molecule has 1 aliphatic heterocycles. The van der Waals surface area contributed by atoms with Crippen molar-refractivity contribution in [3.8, 4) is 0 Å². The molecule has 1 rings (SSSR count). The zero-order valence-corrected chi connectivity index (χ0v) is 6.94. The Hall–Kier alpha value is -1.06. The number of hydrogen-bond acceptors (Lipinski definition) is 2. The minimum absolute atomic E-state index is 0.531. The van der Waals surface area contributed by atoms with Gasteiger partial charge in [0, 0.05) is 13.1 Å². The van der Waals surface area contributed by atoms with E-state index in [1.807, 2.05) is 0 Å². The number of carbonyl (C=O) groups excluding carboxylic acids is 2. The summed E-state index contributed by atoms with van der Waals surface area (Å²) < 4.78 is 0.